The largest absolute Gasteiger partial charge is 0.456 e. The van der Waals surface area contributed by atoms with Crippen molar-refractivity contribution in [2.45, 2.75) is 24.3 Å². The summed E-state index contributed by atoms with van der Waals surface area (Å²) in [5, 5.41) is 3.48. The predicted octanol–water partition coefficient (Wildman–Crippen LogP) is 4.24. The summed E-state index contributed by atoms with van der Waals surface area (Å²) in [5.74, 6) is -0.110. The molecule has 0 radical (unpaired) electrons. The lowest BCUT2D eigenvalue weighted by Crippen LogP contribution is -2.31. The van der Waals surface area contributed by atoms with Crippen LogP contribution in [0.15, 0.2) is 59.5 Å². The lowest BCUT2D eigenvalue weighted by atomic mass is 10.1. The van der Waals surface area contributed by atoms with E-state index in [1.807, 2.05) is 49.4 Å². The summed E-state index contributed by atoms with van der Waals surface area (Å²) in [7, 11) is 0. The highest BCUT2D eigenvalue weighted by atomic mass is 35.5. The van der Waals surface area contributed by atoms with Gasteiger partial charge in [-0.2, -0.15) is 0 Å². The molecule has 0 heterocycles. The van der Waals surface area contributed by atoms with Crippen LogP contribution in [0.25, 0.3) is 0 Å². The predicted molar refractivity (Wildman–Crippen MR) is 101 cm³/mol. The maximum absolute atomic E-state index is 11.9. The third kappa shape index (κ3) is 7.20. The van der Waals surface area contributed by atoms with Gasteiger partial charge in [0.05, 0.1) is 12.5 Å². The van der Waals surface area contributed by atoms with Gasteiger partial charge in [-0.15, -0.1) is 11.8 Å². The number of nitrogens with one attached hydrogen (secondary N) is 1. The van der Waals surface area contributed by atoms with Crippen molar-refractivity contribution in [3.8, 4) is 0 Å². The zero-order valence-electron chi connectivity index (χ0n) is 13.9. The molecule has 0 aliphatic rings. The molecule has 0 spiro atoms. The van der Waals surface area contributed by atoms with E-state index in [0.29, 0.717) is 10.8 Å². The van der Waals surface area contributed by atoms with Crippen LogP contribution in [0, 0.1) is 0 Å². The molecule has 2 rings (SSSR count). The zero-order valence-corrected chi connectivity index (χ0v) is 15.5. The molecule has 2 aromatic carbocycles. The first kappa shape index (κ1) is 19.3. The van der Waals surface area contributed by atoms with Gasteiger partial charge < -0.3 is 10.1 Å². The number of ether oxygens (including phenoxy) is 1. The Morgan fingerprint density at radius 2 is 1.80 bits per heavy atom. The molecular weight excluding hydrogens is 358 g/mol. The minimum atomic E-state index is -0.385. The summed E-state index contributed by atoms with van der Waals surface area (Å²) < 4.78 is 5.01. The van der Waals surface area contributed by atoms with Gasteiger partial charge in [-0.05, 0) is 36.8 Å². The third-order valence-electron chi connectivity index (χ3n) is 3.43. The van der Waals surface area contributed by atoms with Crippen molar-refractivity contribution in [2.75, 3.05) is 12.4 Å². The number of hydrogen-bond acceptors (Lipinski definition) is 4. The molecule has 132 valence electrons. The van der Waals surface area contributed by atoms with E-state index >= 15 is 0 Å². The van der Waals surface area contributed by atoms with Crippen molar-refractivity contribution in [2.24, 2.45) is 0 Å². The Morgan fingerprint density at radius 3 is 2.48 bits per heavy atom. The van der Waals surface area contributed by atoms with E-state index in [9.17, 15) is 9.59 Å². The van der Waals surface area contributed by atoms with E-state index in [4.69, 9.17) is 16.3 Å². The molecule has 1 unspecified atom stereocenters. The Morgan fingerprint density at radius 1 is 1.12 bits per heavy atom. The Bertz CT molecular complexity index is 692. The molecule has 6 heteroatoms. The first-order valence-electron chi connectivity index (χ1n) is 7.93. The maximum atomic E-state index is 11.9. The van der Waals surface area contributed by atoms with E-state index in [1.54, 1.807) is 12.1 Å². The fourth-order valence-corrected chi connectivity index (χ4v) is 3.07. The minimum absolute atomic E-state index is 0.132. The summed E-state index contributed by atoms with van der Waals surface area (Å²) in [6.07, 6.45) is 0.245. The second-order valence-corrected chi connectivity index (χ2v) is 7.02. The summed E-state index contributed by atoms with van der Waals surface area (Å²) in [6, 6.07) is 16.9. The van der Waals surface area contributed by atoms with Crippen molar-refractivity contribution in [1.82, 2.24) is 5.32 Å². The number of hydrogen-bond donors (Lipinski definition) is 1. The smallest absolute Gasteiger partial charge is 0.307 e. The highest BCUT2D eigenvalue weighted by Crippen LogP contribution is 2.21. The van der Waals surface area contributed by atoms with Crippen LogP contribution in [0.1, 0.15) is 24.9 Å². The molecule has 0 aliphatic heterocycles. The summed E-state index contributed by atoms with van der Waals surface area (Å²) in [6.45, 7) is 1.62. The summed E-state index contributed by atoms with van der Waals surface area (Å²) >= 11 is 7.36. The van der Waals surface area contributed by atoms with Crippen LogP contribution in [0.3, 0.4) is 0 Å². The molecule has 0 saturated carbocycles. The second-order valence-electron chi connectivity index (χ2n) is 5.41. The monoisotopic (exact) mass is 377 g/mol. The Hall–Kier alpha value is -1.98. The number of benzene rings is 2. The van der Waals surface area contributed by atoms with Crippen LogP contribution >= 0.6 is 23.4 Å². The van der Waals surface area contributed by atoms with Crippen LogP contribution in [-0.2, 0) is 14.3 Å². The van der Waals surface area contributed by atoms with Crippen molar-refractivity contribution >= 4 is 35.2 Å². The Labute approximate surface area is 156 Å². The number of amides is 1. The Balaban J connectivity index is 1.64. The van der Waals surface area contributed by atoms with Crippen molar-refractivity contribution in [1.29, 1.82) is 0 Å². The average molecular weight is 378 g/mol. The lowest BCUT2D eigenvalue weighted by Gasteiger charge is -2.14. The van der Waals surface area contributed by atoms with Crippen LogP contribution in [0.2, 0.25) is 5.02 Å². The van der Waals surface area contributed by atoms with Gasteiger partial charge in [0.15, 0.2) is 6.61 Å². The van der Waals surface area contributed by atoms with Crippen molar-refractivity contribution < 1.29 is 14.3 Å². The molecule has 0 bridgehead atoms. The molecule has 2 aromatic rings. The number of halogens is 1. The highest BCUT2D eigenvalue weighted by molar-refractivity contribution is 7.99. The number of carbonyl (C=O) groups is 2. The van der Waals surface area contributed by atoms with E-state index < -0.39 is 0 Å². The first-order chi connectivity index (χ1) is 12.0. The van der Waals surface area contributed by atoms with Crippen LogP contribution < -0.4 is 5.32 Å². The lowest BCUT2D eigenvalue weighted by molar-refractivity contribution is -0.148. The number of esters is 1. The molecule has 25 heavy (non-hydrogen) atoms. The highest BCUT2D eigenvalue weighted by Gasteiger charge is 2.11. The number of thioether (sulfide) groups is 1. The van der Waals surface area contributed by atoms with Gasteiger partial charge in [0.25, 0.3) is 5.91 Å². The number of carbonyl (C=O) groups excluding carboxylic acids is 2. The third-order valence-corrected chi connectivity index (χ3v) is 4.70. The normalized spacial score (nSPS) is 11.6. The van der Waals surface area contributed by atoms with E-state index in [1.165, 1.54) is 11.8 Å². The van der Waals surface area contributed by atoms with Crippen LogP contribution in [0.5, 0.6) is 0 Å². The second kappa shape index (κ2) is 10.1. The maximum Gasteiger partial charge on any atom is 0.307 e. The van der Waals surface area contributed by atoms with E-state index in [-0.39, 0.29) is 30.9 Å². The first-order valence-corrected chi connectivity index (χ1v) is 9.29. The van der Waals surface area contributed by atoms with Crippen LogP contribution in [-0.4, -0.2) is 24.2 Å². The quantitative estimate of drug-likeness (QED) is 0.552. The molecule has 0 saturated heterocycles. The molecule has 1 N–H and O–H groups in total. The molecule has 4 nitrogen and oxygen atoms in total. The summed E-state index contributed by atoms with van der Waals surface area (Å²) in [4.78, 5) is 24.6. The van der Waals surface area contributed by atoms with Gasteiger partial charge in [-0.1, -0.05) is 41.9 Å². The standard InChI is InChI=1S/C19H20ClNO3S/c1-14(15-5-3-2-4-6-15)21-18(22)13-24-19(23)11-12-25-17-9-7-16(20)8-10-17/h2-10,14H,11-13H2,1H3,(H,21,22). The van der Waals surface area contributed by atoms with Crippen LogP contribution in [0.4, 0.5) is 0 Å². The Kier molecular flexibility index (Phi) is 7.82. The topological polar surface area (TPSA) is 55.4 Å². The molecule has 0 aromatic heterocycles. The average Bonchev–Trinajstić information content (AvgIpc) is 2.62. The van der Waals surface area contributed by atoms with E-state index in [2.05, 4.69) is 5.32 Å². The van der Waals surface area contributed by atoms with Gasteiger partial charge >= 0.3 is 5.97 Å². The number of rotatable bonds is 8. The van der Waals surface area contributed by atoms with Gasteiger partial charge in [-0.3, -0.25) is 9.59 Å². The molecule has 1 amide bonds. The van der Waals surface area contributed by atoms with Gasteiger partial charge in [0, 0.05) is 15.7 Å². The van der Waals surface area contributed by atoms with Crippen molar-refractivity contribution in [3.05, 3.63) is 65.2 Å². The fraction of sp³-hybridized carbons (Fsp3) is 0.263. The zero-order chi connectivity index (χ0) is 18.1. The molecule has 0 fully saturated rings. The summed E-state index contributed by atoms with van der Waals surface area (Å²) in [5.41, 5.74) is 1.00. The molecular formula is C19H20ClNO3S. The van der Waals surface area contributed by atoms with Crippen molar-refractivity contribution in [3.63, 3.8) is 0 Å². The van der Waals surface area contributed by atoms with E-state index in [0.717, 1.165) is 10.5 Å². The molecule has 0 aliphatic carbocycles. The van der Waals surface area contributed by atoms with Gasteiger partial charge in [0.2, 0.25) is 0 Å². The minimum Gasteiger partial charge on any atom is -0.456 e. The van der Waals surface area contributed by atoms with Gasteiger partial charge in [0.1, 0.15) is 0 Å². The molecule has 1 atom stereocenters. The van der Waals surface area contributed by atoms with Gasteiger partial charge in [-0.25, -0.2) is 0 Å². The SMILES string of the molecule is CC(NC(=O)COC(=O)CCSc1ccc(Cl)cc1)c1ccccc1. The fourth-order valence-electron chi connectivity index (χ4n) is 2.11.